The van der Waals surface area contributed by atoms with E-state index in [1.54, 1.807) is 12.5 Å². The van der Waals surface area contributed by atoms with Crippen molar-refractivity contribution in [2.45, 2.75) is 6.04 Å². The summed E-state index contributed by atoms with van der Waals surface area (Å²) < 4.78 is 1.86. The zero-order valence-electron chi connectivity index (χ0n) is 11.2. The summed E-state index contributed by atoms with van der Waals surface area (Å²) in [5.74, 6) is 0.741. The lowest BCUT2D eigenvalue weighted by Crippen LogP contribution is -2.20. The Hall–Kier alpha value is -2.95. The molecule has 3 heterocycles. The average molecular weight is 275 g/mol. The van der Waals surface area contributed by atoms with Gasteiger partial charge in [0.2, 0.25) is 5.95 Å². The normalized spacial score (nSPS) is 16.8. The number of hydrogen-bond donors (Lipinski definition) is 1. The van der Waals surface area contributed by atoms with Crippen LogP contribution in [-0.2, 0) is 0 Å². The Morgan fingerprint density at radius 2 is 1.95 bits per heavy atom. The summed E-state index contributed by atoms with van der Waals surface area (Å²) in [6.07, 6.45) is 7.34. The third-order valence-corrected chi connectivity index (χ3v) is 3.52. The Morgan fingerprint density at radius 3 is 2.76 bits per heavy atom. The van der Waals surface area contributed by atoms with Gasteiger partial charge in [-0.2, -0.15) is 10.1 Å². The molecule has 4 rings (SSSR count). The van der Waals surface area contributed by atoms with Crippen LogP contribution >= 0.6 is 0 Å². The molecule has 0 radical (unpaired) electrons. The summed E-state index contributed by atoms with van der Waals surface area (Å²) in [5.41, 5.74) is 3.24. The standard InChI is InChI=1S/C16H13N5/c1-2-5-12(6-3-1)14-9-15(13-7-4-8-17-10-13)21-16(20-14)18-11-19-21/h1-11,15H,(H,18,19,20)/t15-/m0/s1. The summed E-state index contributed by atoms with van der Waals surface area (Å²) in [7, 11) is 0. The van der Waals surface area contributed by atoms with Crippen molar-refractivity contribution < 1.29 is 0 Å². The van der Waals surface area contributed by atoms with Crippen molar-refractivity contribution in [1.82, 2.24) is 19.7 Å². The first-order valence-electron chi connectivity index (χ1n) is 6.75. The van der Waals surface area contributed by atoms with E-state index in [2.05, 4.69) is 38.6 Å². The Kier molecular flexibility index (Phi) is 2.74. The summed E-state index contributed by atoms with van der Waals surface area (Å²) in [4.78, 5) is 8.49. The molecular formula is C16H13N5. The molecule has 0 saturated carbocycles. The molecule has 102 valence electrons. The second kappa shape index (κ2) is 4.86. The number of rotatable bonds is 2. The van der Waals surface area contributed by atoms with Crippen LogP contribution in [0.25, 0.3) is 5.70 Å². The first-order valence-corrected chi connectivity index (χ1v) is 6.75. The van der Waals surface area contributed by atoms with E-state index in [0.29, 0.717) is 0 Å². The molecule has 2 aromatic heterocycles. The van der Waals surface area contributed by atoms with Crippen LogP contribution in [0.2, 0.25) is 0 Å². The molecule has 21 heavy (non-hydrogen) atoms. The number of fused-ring (bicyclic) bond motifs is 1. The number of allylic oxidation sites excluding steroid dienone is 1. The van der Waals surface area contributed by atoms with Gasteiger partial charge in [-0.05, 0) is 23.3 Å². The fraction of sp³-hybridized carbons (Fsp3) is 0.0625. The quantitative estimate of drug-likeness (QED) is 0.781. The van der Waals surface area contributed by atoms with E-state index >= 15 is 0 Å². The second-order valence-corrected chi connectivity index (χ2v) is 4.83. The van der Waals surface area contributed by atoms with Crippen molar-refractivity contribution in [3.05, 3.63) is 78.4 Å². The molecule has 1 aliphatic heterocycles. The smallest absolute Gasteiger partial charge is 0.226 e. The minimum absolute atomic E-state index is 0.00680. The zero-order valence-corrected chi connectivity index (χ0v) is 11.2. The molecule has 1 aromatic carbocycles. The fourth-order valence-electron chi connectivity index (χ4n) is 2.51. The molecule has 1 atom stereocenters. The summed E-state index contributed by atoms with van der Waals surface area (Å²) >= 11 is 0. The largest absolute Gasteiger partial charge is 0.324 e. The molecule has 5 heteroatoms. The van der Waals surface area contributed by atoms with Crippen LogP contribution in [0.3, 0.4) is 0 Å². The monoisotopic (exact) mass is 275 g/mol. The van der Waals surface area contributed by atoms with E-state index in [4.69, 9.17) is 0 Å². The minimum Gasteiger partial charge on any atom is -0.324 e. The SMILES string of the molecule is C1=C(c2ccccc2)Nc2ncnn2[C@@H]1c1cccnc1. The molecule has 1 N–H and O–H groups in total. The molecule has 0 aliphatic carbocycles. The molecule has 0 amide bonds. The fourth-order valence-corrected chi connectivity index (χ4v) is 2.51. The van der Waals surface area contributed by atoms with E-state index in [9.17, 15) is 0 Å². The van der Waals surface area contributed by atoms with Crippen molar-refractivity contribution in [3.8, 4) is 0 Å². The first kappa shape index (κ1) is 11.8. The maximum atomic E-state index is 4.31. The number of aromatic nitrogens is 4. The highest BCUT2D eigenvalue weighted by molar-refractivity contribution is 5.76. The van der Waals surface area contributed by atoms with Gasteiger partial charge in [0.25, 0.3) is 0 Å². The van der Waals surface area contributed by atoms with Crippen molar-refractivity contribution in [2.75, 3.05) is 5.32 Å². The Morgan fingerprint density at radius 1 is 1.05 bits per heavy atom. The number of hydrogen-bond acceptors (Lipinski definition) is 4. The highest BCUT2D eigenvalue weighted by Crippen LogP contribution is 2.31. The zero-order chi connectivity index (χ0) is 14.1. The van der Waals surface area contributed by atoms with Gasteiger partial charge in [-0.3, -0.25) is 4.98 Å². The van der Waals surface area contributed by atoms with Crippen molar-refractivity contribution >= 4 is 11.6 Å². The number of nitrogens with one attached hydrogen (secondary N) is 1. The molecule has 5 nitrogen and oxygen atoms in total. The van der Waals surface area contributed by atoms with Gasteiger partial charge in [0.15, 0.2) is 0 Å². The third kappa shape index (κ3) is 2.08. The second-order valence-electron chi connectivity index (χ2n) is 4.83. The maximum Gasteiger partial charge on any atom is 0.226 e. The van der Waals surface area contributed by atoms with Crippen LogP contribution in [-0.4, -0.2) is 19.7 Å². The molecule has 1 aliphatic rings. The van der Waals surface area contributed by atoms with E-state index in [0.717, 1.165) is 22.8 Å². The third-order valence-electron chi connectivity index (χ3n) is 3.52. The lowest BCUT2D eigenvalue weighted by molar-refractivity contribution is 0.610. The molecule has 3 aromatic rings. The molecule has 0 spiro atoms. The molecule has 0 unspecified atom stereocenters. The van der Waals surface area contributed by atoms with Gasteiger partial charge in [-0.25, -0.2) is 4.68 Å². The Bertz CT molecular complexity index is 777. The van der Waals surface area contributed by atoms with Gasteiger partial charge in [-0.15, -0.1) is 0 Å². The van der Waals surface area contributed by atoms with Gasteiger partial charge in [0.1, 0.15) is 12.4 Å². The topological polar surface area (TPSA) is 55.6 Å². The van der Waals surface area contributed by atoms with Crippen LogP contribution < -0.4 is 5.32 Å². The van der Waals surface area contributed by atoms with E-state index in [1.165, 1.54) is 0 Å². The van der Waals surface area contributed by atoms with Gasteiger partial charge in [0.05, 0.1) is 0 Å². The van der Waals surface area contributed by atoms with E-state index < -0.39 is 0 Å². The number of anilines is 1. The van der Waals surface area contributed by atoms with Crippen LogP contribution in [0.5, 0.6) is 0 Å². The highest BCUT2D eigenvalue weighted by Gasteiger charge is 2.23. The molecule has 0 saturated heterocycles. The molecule has 0 bridgehead atoms. The average Bonchev–Trinajstić information content (AvgIpc) is 3.04. The van der Waals surface area contributed by atoms with Gasteiger partial charge in [-0.1, -0.05) is 36.4 Å². The summed E-state index contributed by atoms with van der Waals surface area (Å²) in [5, 5.41) is 7.64. The Labute approximate surface area is 122 Å². The molecule has 0 fully saturated rings. The van der Waals surface area contributed by atoms with Crippen molar-refractivity contribution in [3.63, 3.8) is 0 Å². The van der Waals surface area contributed by atoms with Crippen LogP contribution in [0.15, 0.2) is 67.3 Å². The number of pyridine rings is 1. The highest BCUT2D eigenvalue weighted by atomic mass is 15.4. The number of benzene rings is 1. The predicted octanol–water partition coefficient (Wildman–Crippen LogP) is 2.73. The molecular weight excluding hydrogens is 262 g/mol. The van der Waals surface area contributed by atoms with Crippen LogP contribution in [0, 0.1) is 0 Å². The summed E-state index contributed by atoms with van der Waals surface area (Å²) in [6.45, 7) is 0. The lowest BCUT2D eigenvalue weighted by Gasteiger charge is -2.24. The van der Waals surface area contributed by atoms with Crippen LogP contribution in [0.4, 0.5) is 5.95 Å². The van der Waals surface area contributed by atoms with E-state index in [1.807, 2.05) is 41.2 Å². The van der Waals surface area contributed by atoms with Crippen molar-refractivity contribution in [1.29, 1.82) is 0 Å². The first-order chi connectivity index (χ1) is 10.4. The van der Waals surface area contributed by atoms with Gasteiger partial charge in [0, 0.05) is 18.1 Å². The summed E-state index contributed by atoms with van der Waals surface area (Å²) in [6, 6.07) is 14.2. The van der Waals surface area contributed by atoms with Gasteiger partial charge >= 0.3 is 0 Å². The lowest BCUT2D eigenvalue weighted by atomic mass is 10.0. The Balaban J connectivity index is 1.83. The van der Waals surface area contributed by atoms with Gasteiger partial charge < -0.3 is 5.32 Å². The van der Waals surface area contributed by atoms with Crippen LogP contribution in [0.1, 0.15) is 17.2 Å². The maximum absolute atomic E-state index is 4.31. The minimum atomic E-state index is -0.00680. The number of nitrogens with zero attached hydrogens (tertiary/aromatic N) is 4. The predicted molar refractivity (Wildman–Crippen MR) is 80.4 cm³/mol. The van der Waals surface area contributed by atoms with Crippen molar-refractivity contribution in [2.24, 2.45) is 0 Å². The van der Waals surface area contributed by atoms with E-state index in [-0.39, 0.29) is 6.04 Å².